The Morgan fingerprint density at radius 2 is 0.879 bits per heavy atom. The molecule has 7 heteroatoms. The van der Waals surface area contributed by atoms with Gasteiger partial charge in [-0.15, -0.1) is 24.8 Å². The first-order valence-corrected chi connectivity index (χ1v) is 21.9. The molecule has 0 saturated carbocycles. The molecule has 0 aromatic heterocycles. The quantitative estimate of drug-likeness (QED) is 0.214. The third-order valence-electron chi connectivity index (χ3n) is 7.00. The van der Waals surface area contributed by atoms with E-state index in [1.165, 1.54) is 12.8 Å². The Bertz CT molecular complexity index is 701. The molecule has 0 spiro atoms. The van der Waals surface area contributed by atoms with Gasteiger partial charge in [-0.3, -0.25) is 0 Å². The van der Waals surface area contributed by atoms with E-state index in [0.717, 1.165) is 0 Å². The molecule has 0 unspecified atom stereocenters. The van der Waals surface area contributed by atoms with Gasteiger partial charge >= 0.3 is 208 Å². The standard InChI is InChI=1S/2C13H24NSi.2ClH.Hf/c2*1-11(2)14(12(3)4)15(5,6)13-9-7-8-10-13;;;/h2*7,9,11-12H,8H2,1-6H3;2*1H;. The van der Waals surface area contributed by atoms with Crippen molar-refractivity contribution in [1.29, 1.82) is 0 Å². The van der Waals surface area contributed by atoms with Gasteiger partial charge in [0.2, 0.25) is 0 Å². The molecule has 33 heavy (non-hydrogen) atoms. The SMILES string of the molecule is CC(C)N(C(C)C)[Si](C)(C)C1=[C]([Hf][C]2=C([Si](C)(C)N(C(C)C)C(C)C)C=CC2)CC=C1.Cl.Cl. The topological polar surface area (TPSA) is 6.48 Å². The van der Waals surface area contributed by atoms with Crippen LogP contribution in [0, 0.1) is 0 Å². The van der Waals surface area contributed by atoms with Crippen LogP contribution in [0.2, 0.25) is 26.2 Å². The van der Waals surface area contributed by atoms with E-state index in [0.29, 0.717) is 24.2 Å². The number of hydrogen-bond acceptors (Lipinski definition) is 2. The Labute approximate surface area is 231 Å². The summed E-state index contributed by atoms with van der Waals surface area (Å²) in [5.41, 5.74) is 0. The minimum absolute atomic E-state index is 0. The summed E-state index contributed by atoms with van der Waals surface area (Å²) < 4.78 is 9.48. The van der Waals surface area contributed by atoms with Crippen molar-refractivity contribution in [2.75, 3.05) is 0 Å². The molecule has 2 aliphatic rings. The number of allylic oxidation sites excluding steroid dienone is 8. The van der Waals surface area contributed by atoms with E-state index in [1.807, 2.05) is 6.66 Å². The van der Waals surface area contributed by atoms with E-state index in [-0.39, 0.29) is 24.8 Å². The minimum Gasteiger partial charge on any atom is -0.147 e. The summed E-state index contributed by atoms with van der Waals surface area (Å²) in [5.74, 6) is 0. The molecule has 0 bridgehead atoms. The van der Waals surface area contributed by atoms with Gasteiger partial charge in [-0.25, -0.2) is 0 Å². The second kappa shape index (κ2) is 13.3. The summed E-state index contributed by atoms with van der Waals surface area (Å²) >= 11 is -1.03. The number of halogens is 2. The van der Waals surface area contributed by atoms with Gasteiger partial charge in [-0.05, 0) is 0 Å². The zero-order valence-corrected chi connectivity index (χ0v) is 30.5. The molecular weight excluding hydrogens is 646 g/mol. The van der Waals surface area contributed by atoms with Crippen LogP contribution in [0.4, 0.5) is 0 Å². The number of hydrogen-bond donors (Lipinski definition) is 0. The Morgan fingerprint density at radius 3 is 1.12 bits per heavy atom. The zero-order valence-electron chi connectivity index (χ0n) is 23.2. The third kappa shape index (κ3) is 7.39. The molecule has 0 fully saturated rings. The maximum atomic E-state index is 2.85. The van der Waals surface area contributed by atoms with Crippen LogP contribution in [-0.4, -0.2) is 49.8 Å². The van der Waals surface area contributed by atoms with Crippen molar-refractivity contribution in [2.45, 2.75) is 119 Å². The molecule has 2 rings (SSSR count). The van der Waals surface area contributed by atoms with Crippen molar-refractivity contribution >= 4 is 41.3 Å². The maximum Gasteiger partial charge on any atom is -0.147 e. The summed E-state index contributed by atoms with van der Waals surface area (Å²) in [7, 11) is -3.31. The van der Waals surface area contributed by atoms with E-state index in [2.05, 4.69) is 115 Å². The molecule has 0 aromatic carbocycles. The van der Waals surface area contributed by atoms with Crippen LogP contribution in [0.15, 0.2) is 41.4 Å². The van der Waals surface area contributed by atoms with Crippen LogP contribution < -0.4 is 0 Å². The second-order valence-corrected chi connectivity index (χ2v) is 25.0. The molecule has 190 valence electrons. The summed E-state index contributed by atoms with van der Waals surface area (Å²) in [4.78, 5) is 0. The van der Waals surface area contributed by atoms with E-state index in [4.69, 9.17) is 0 Å². The Kier molecular flexibility index (Phi) is 13.7. The van der Waals surface area contributed by atoms with Gasteiger partial charge in [0.15, 0.2) is 0 Å². The monoisotopic (exact) mass is 696 g/mol. The second-order valence-electron chi connectivity index (χ2n) is 11.4. The maximum absolute atomic E-state index is 2.85. The average molecular weight is 696 g/mol. The molecule has 0 heterocycles. The van der Waals surface area contributed by atoms with Gasteiger partial charge in [0.05, 0.1) is 0 Å². The predicted molar refractivity (Wildman–Crippen MR) is 155 cm³/mol. The average Bonchev–Trinajstić information content (AvgIpc) is 3.22. The van der Waals surface area contributed by atoms with E-state index >= 15 is 0 Å². The van der Waals surface area contributed by atoms with Gasteiger partial charge in [0, 0.05) is 0 Å². The zero-order chi connectivity index (χ0) is 23.7. The molecule has 0 aromatic rings. The van der Waals surface area contributed by atoms with Crippen LogP contribution in [0.5, 0.6) is 0 Å². The van der Waals surface area contributed by atoms with Gasteiger partial charge in [-0.2, -0.15) is 0 Å². The molecule has 0 atom stereocenters. The minimum atomic E-state index is -1.65. The third-order valence-corrected chi connectivity index (χ3v) is 22.6. The van der Waals surface area contributed by atoms with E-state index < -0.39 is 39.4 Å². The molecule has 0 N–H and O–H groups in total. The first-order chi connectivity index (χ1) is 14.2. The van der Waals surface area contributed by atoms with Crippen molar-refractivity contribution in [2.24, 2.45) is 0 Å². The first kappa shape index (κ1) is 33.8. The van der Waals surface area contributed by atoms with Crippen LogP contribution in [0.25, 0.3) is 0 Å². The van der Waals surface area contributed by atoms with E-state index in [9.17, 15) is 0 Å². The van der Waals surface area contributed by atoms with Crippen molar-refractivity contribution in [3.05, 3.63) is 41.4 Å². The van der Waals surface area contributed by atoms with Gasteiger partial charge in [0.1, 0.15) is 0 Å². The number of rotatable bonds is 10. The Morgan fingerprint density at radius 1 is 0.606 bits per heavy atom. The fourth-order valence-corrected chi connectivity index (χ4v) is 27.2. The summed E-state index contributed by atoms with van der Waals surface area (Å²) in [6, 6.07) is 2.44. The Balaban J connectivity index is 0.00000512. The molecule has 0 radical (unpaired) electrons. The fraction of sp³-hybridized carbons (Fsp3) is 0.692. The fourth-order valence-electron chi connectivity index (χ4n) is 6.63. The van der Waals surface area contributed by atoms with Crippen molar-refractivity contribution < 1.29 is 22.9 Å². The normalized spacial score (nSPS) is 16.9. The van der Waals surface area contributed by atoms with Crippen LogP contribution in [0.1, 0.15) is 68.2 Å². The van der Waals surface area contributed by atoms with Crippen LogP contribution in [0.3, 0.4) is 0 Å². The molecule has 0 saturated heterocycles. The van der Waals surface area contributed by atoms with Gasteiger partial charge < -0.3 is 0 Å². The van der Waals surface area contributed by atoms with Crippen LogP contribution >= 0.6 is 24.8 Å². The summed E-state index contributed by atoms with van der Waals surface area (Å²) in [6.07, 6.45) is 12.5. The van der Waals surface area contributed by atoms with Crippen molar-refractivity contribution in [3.63, 3.8) is 0 Å². The largest absolute Gasteiger partial charge is 0.147 e. The molecule has 2 aliphatic carbocycles. The number of nitrogens with zero attached hydrogens (tertiary/aromatic N) is 2. The van der Waals surface area contributed by atoms with Crippen molar-refractivity contribution in [1.82, 2.24) is 9.13 Å². The molecule has 0 amide bonds. The van der Waals surface area contributed by atoms with E-state index in [1.54, 1.807) is 10.4 Å². The molecule has 2 nitrogen and oxygen atoms in total. The van der Waals surface area contributed by atoms with Crippen molar-refractivity contribution in [3.8, 4) is 0 Å². The predicted octanol–water partition coefficient (Wildman–Crippen LogP) is 8.07. The first-order valence-electron chi connectivity index (χ1n) is 12.4. The summed E-state index contributed by atoms with van der Waals surface area (Å²) in [6.45, 7) is 29.5. The molecule has 0 aliphatic heterocycles. The van der Waals surface area contributed by atoms with Crippen LogP contribution in [-0.2, 0) is 22.9 Å². The van der Waals surface area contributed by atoms with Gasteiger partial charge in [0.25, 0.3) is 0 Å². The smallest absolute Gasteiger partial charge is 0.147 e. The Hall–Kier alpha value is 0.764. The van der Waals surface area contributed by atoms with Gasteiger partial charge in [-0.1, -0.05) is 0 Å². The molecular formula is C26H50Cl2HfN2Si2. The summed E-state index contributed by atoms with van der Waals surface area (Å²) in [5, 5.41) is 3.56.